The molecule has 0 radical (unpaired) electrons. The third kappa shape index (κ3) is 3.22. The molecule has 0 aliphatic carbocycles. The number of carbonyl (C=O) groups excluding carboxylic acids is 1. The SMILES string of the molecule is Cc1ccccc1COC(=O)Cn1c2ccccc2c(=O)c2ccccc21. The van der Waals surface area contributed by atoms with E-state index in [4.69, 9.17) is 4.74 Å². The second kappa shape index (κ2) is 7.08. The van der Waals surface area contributed by atoms with E-state index in [-0.39, 0.29) is 24.5 Å². The molecular weight excluding hydrogens is 338 g/mol. The van der Waals surface area contributed by atoms with E-state index in [1.807, 2.05) is 72.2 Å². The van der Waals surface area contributed by atoms with E-state index in [9.17, 15) is 9.59 Å². The number of esters is 1. The second-order valence-electron chi connectivity index (χ2n) is 6.54. The molecule has 0 aliphatic heterocycles. The van der Waals surface area contributed by atoms with Crippen LogP contribution in [0.3, 0.4) is 0 Å². The topological polar surface area (TPSA) is 48.3 Å². The molecule has 3 aromatic carbocycles. The third-order valence-corrected chi connectivity index (χ3v) is 4.82. The van der Waals surface area contributed by atoms with Gasteiger partial charge in [0.05, 0.1) is 11.0 Å². The first-order valence-corrected chi connectivity index (χ1v) is 8.85. The monoisotopic (exact) mass is 357 g/mol. The third-order valence-electron chi connectivity index (χ3n) is 4.82. The fourth-order valence-electron chi connectivity index (χ4n) is 3.35. The van der Waals surface area contributed by atoms with Crippen molar-refractivity contribution in [1.29, 1.82) is 0 Å². The summed E-state index contributed by atoms with van der Waals surface area (Å²) in [5.41, 5.74) is 3.51. The van der Waals surface area contributed by atoms with Crippen LogP contribution < -0.4 is 5.43 Å². The maximum absolute atomic E-state index is 12.7. The summed E-state index contributed by atoms with van der Waals surface area (Å²) in [6.07, 6.45) is 0. The zero-order chi connectivity index (χ0) is 18.8. The molecule has 0 bridgehead atoms. The molecule has 4 heteroatoms. The molecule has 0 amide bonds. The molecule has 1 aromatic heterocycles. The maximum Gasteiger partial charge on any atom is 0.326 e. The summed E-state index contributed by atoms with van der Waals surface area (Å²) in [6.45, 7) is 2.28. The van der Waals surface area contributed by atoms with Crippen LogP contribution in [0.25, 0.3) is 21.8 Å². The molecule has 0 saturated heterocycles. The van der Waals surface area contributed by atoms with E-state index < -0.39 is 0 Å². The standard InChI is InChI=1S/C23H19NO3/c1-16-8-2-3-9-17(16)15-27-22(25)14-24-20-12-6-4-10-18(20)23(26)19-11-5-7-13-21(19)24/h2-13H,14-15H2,1H3. The van der Waals surface area contributed by atoms with Crippen LogP contribution in [-0.2, 0) is 22.7 Å². The highest BCUT2D eigenvalue weighted by molar-refractivity contribution is 5.94. The van der Waals surface area contributed by atoms with Crippen molar-refractivity contribution in [3.05, 3.63) is 94.1 Å². The number of aromatic nitrogens is 1. The van der Waals surface area contributed by atoms with Crippen LogP contribution in [0.15, 0.2) is 77.6 Å². The number of hydrogen-bond acceptors (Lipinski definition) is 3. The van der Waals surface area contributed by atoms with Gasteiger partial charge in [-0.25, -0.2) is 0 Å². The highest BCUT2D eigenvalue weighted by Gasteiger charge is 2.13. The van der Waals surface area contributed by atoms with E-state index in [0.717, 1.165) is 22.2 Å². The number of rotatable bonds is 4. The van der Waals surface area contributed by atoms with Crippen LogP contribution in [0, 0.1) is 6.92 Å². The number of aryl methyl sites for hydroxylation is 1. The second-order valence-corrected chi connectivity index (χ2v) is 6.54. The van der Waals surface area contributed by atoms with Gasteiger partial charge in [0.25, 0.3) is 0 Å². The average Bonchev–Trinajstić information content (AvgIpc) is 2.70. The lowest BCUT2D eigenvalue weighted by atomic mass is 10.1. The van der Waals surface area contributed by atoms with Gasteiger partial charge in [-0.05, 0) is 42.3 Å². The summed E-state index contributed by atoms with van der Waals surface area (Å²) in [6, 6.07) is 22.5. The largest absolute Gasteiger partial charge is 0.459 e. The Balaban J connectivity index is 1.70. The Hall–Kier alpha value is -3.40. The minimum absolute atomic E-state index is 0.0225. The van der Waals surface area contributed by atoms with Crippen LogP contribution in [0.4, 0.5) is 0 Å². The number of ether oxygens (including phenoxy) is 1. The van der Waals surface area contributed by atoms with Crippen LogP contribution in [0.5, 0.6) is 0 Å². The molecule has 134 valence electrons. The minimum Gasteiger partial charge on any atom is -0.459 e. The summed E-state index contributed by atoms with van der Waals surface area (Å²) in [5.74, 6) is -0.336. The molecule has 27 heavy (non-hydrogen) atoms. The van der Waals surface area contributed by atoms with Gasteiger partial charge < -0.3 is 9.30 Å². The van der Waals surface area contributed by atoms with Crippen LogP contribution >= 0.6 is 0 Å². The molecule has 0 unspecified atom stereocenters. The highest BCUT2D eigenvalue weighted by Crippen LogP contribution is 2.19. The van der Waals surface area contributed by atoms with Crippen molar-refractivity contribution in [2.24, 2.45) is 0 Å². The van der Waals surface area contributed by atoms with E-state index in [2.05, 4.69) is 0 Å². The number of nitrogens with zero attached hydrogens (tertiary/aromatic N) is 1. The van der Waals surface area contributed by atoms with Gasteiger partial charge in [-0.2, -0.15) is 0 Å². The molecular formula is C23H19NO3. The minimum atomic E-state index is -0.336. The molecule has 4 nitrogen and oxygen atoms in total. The van der Waals surface area contributed by atoms with Crippen LogP contribution in [0.1, 0.15) is 11.1 Å². The number of hydrogen-bond donors (Lipinski definition) is 0. The normalized spacial score (nSPS) is 11.0. The van der Waals surface area contributed by atoms with Crippen LogP contribution in [-0.4, -0.2) is 10.5 Å². The van der Waals surface area contributed by atoms with E-state index >= 15 is 0 Å². The van der Waals surface area contributed by atoms with Gasteiger partial charge in [-0.1, -0.05) is 48.5 Å². The average molecular weight is 357 g/mol. The fourth-order valence-corrected chi connectivity index (χ4v) is 3.35. The Morgan fingerprint density at radius 3 is 2.04 bits per heavy atom. The number of fused-ring (bicyclic) bond motifs is 2. The van der Waals surface area contributed by atoms with Gasteiger partial charge in [-0.15, -0.1) is 0 Å². The van der Waals surface area contributed by atoms with Crippen molar-refractivity contribution in [3.8, 4) is 0 Å². The van der Waals surface area contributed by atoms with E-state index in [1.54, 1.807) is 12.1 Å². The van der Waals surface area contributed by atoms with Gasteiger partial charge in [0, 0.05) is 10.8 Å². The van der Waals surface area contributed by atoms with Gasteiger partial charge in [0.2, 0.25) is 0 Å². The summed E-state index contributed by atoms with van der Waals surface area (Å²) in [5, 5.41) is 1.20. The fraction of sp³-hybridized carbons (Fsp3) is 0.130. The maximum atomic E-state index is 12.7. The Kier molecular flexibility index (Phi) is 4.47. The van der Waals surface area contributed by atoms with Crippen molar-refractivity contribution >= 4 is 27.8 Å². The van der Waals surface area contributed by atoms with Crippen LogP contribution in [0.2, 0.25) is 0 Å². The Morgan fingerprint density at radius 1 is 0.852 bits per heavy atom. The highest BCUT2D eigenvalue weighted by atomic mass is 16.5. The molecule has 1 heterocycles. The van der Waals surface area contributed by atoms with Gasteiger partial charge >= 0.3 is 5.97 Å². The quantitative estimate of drug-likeness (QED) is 0.406. The molecule has 0 aliphatic rings. The van der Waals surface area contributed by atoms with Gasteiger partial charge in [0.1, 0.15) is 13.2 Å². The first-order valence-electron chi connectivity index (χ1n) is 8.85. The van der Waals surface area contributed by atoms with E-state index in [1.165, 1.54) is 0 Å². The summed E-state index contributed by atoms with van der Waals surface area (Å²) >= 11 is 0. The molecule has 4 rings (SSSR count). The molecule has 0 atom stereocenters. The van der Waals surface area contributed by atoms with Crippen molar-refractivity contribution in [1.82, 2.24) is 4.57 Å². The van der Waals surface area contributed by atoms with Crippen molar-refractivity contribution in [2.45, 2.75) is 20.1 Å². The van der Waals surface area contributed by atoms with Crippen molar-refractivity contribution in [2.75, 3.05) is 0 Å². The Morgan fingerprint density at radius 2 is 1.41 bits per heavy atom. The summed E-state index contributed by atoms with van der Waals surface area (Å²) in [4.78, 5) is 25.3. The van der Waals surface area contributed by atoms with Gasteiger partial charge in [0.15, 0.2) is 5.43 Å². The number of pyridine rings is 1. The molecule has 0 fully saturated rings. The lowest BCUT2D eigenvalue weighted by Gasteiger charge is -2.15. The predicted octanol–water partition coefficient (Wildman–Crippen LogP) is 4.21. The molecule has 0 saturated carbocycles. The molecule has 0 N–H and O–H groups in total. The lowest BCUT2D eigenvalue weighted by Crippen LogP contribution is -2.18. The zero-order valence-corrected chi connectivity index (χ0v) is 15.0. The number of carbonyl (C=O) groups is 1. The molecule has 0 spiro atoms. The molecule has 4 aromatic rings. The number of benzene rings is 3. The first kappa shape index (κ1) is 17.0. The number of para-hydroxylation sites is 2. The summed E-state index contributed by atoms with van der Waals surface area (Å²) in [7, 11) is 0. The van der Waals surface area contributed by atoms with Crippen molar-refractivity contribution < 1.29 is 9.53 Å². The summed E-state index contributed by atoms with van der Waals surface area (Å²) < 4.78 is 7.36. The van der Waals surface area contributed by atoms with E-state index in [0.29, 0.717) is 10.8 Å². The van der Waals surface area contributed by atoms with Crippen molar-refractivity contribution in [3.63, 3.8) is 0 Å². The first-order chi connectivity index (χ1) is 13.1. The smallest absolute Gasteiger partial charge is 0.326 e. The Bertz CT molecular complexity index is 1150. The van der Waals surface area contributed by atoms with Gasteiger partial charge in [-0.3, -0.25) is 9.59 Å². The lowest BCUT2D eigenvalue weighted by molar-refractivity contribution is -0.145. The zero-order valence-electron chi connectivity index (χ0n) is 15.0. The predicted molar refractivity (Wildman–Crippen MR) is 107 cm³/mol. The Labute approximate surface area is 156 Å².